The minimum Gasteiger partial charge on any atom is -0.481 e. The van der Waals surface area contributed by atoms with E-state index in [0.29, 0.717) is 12.8 Å². The maximum Gasteiger partial charge on any atom is 0.407 e. The molecule has 1 fully saturated rings. The van der Waals surface area contributed by atoms with E-state index in [0.717, 1.165) is 25.7 Å². The van der Waals surface area contributed by atoms with E-state index in [1.165, 1.54) is 22.3 Å². The predicted octanol–water partition coefficient (Wildman–Crippen LogP) is 4.70. The molecule has 3 N–H and O–H groups in total. The predicted molar refractivity (Wildman–Crippen MR) is 133 cm³/mol. The molecule has 2 aromatic rings. The summed E-state index contributed by atoms with van der Waals surface area (Å²) in [5.41, 5.74) is 4.74. The van der Waals surface area contributed by atoms with E-state index >= 15 is 0 Å². The normalized spacial score (nSPS) is 19.5. The number of carbonyl (C=O) groups is 3. The van der Waals surface area contributed by atoms with Crippen LogP contribution in [0.4, 0.5) is 4.79 Å². The van der Waals surface area contributed by atoms with Gasteiger partial charge in [-0.25, -0.2) is 4.79 Å². The first-order valence-corrected chi connectivity index (χ1v) is 12.6. The van der Waals surface area contributed by atoms with Crippen LogP contribution in [-0.4, -0.2) is 42.3 Å². The summed E-state index contributed by atoms with van der Waals surface area (Å²) in [6, 6.07) is 16.5. The molecule has 0 heterocycles. The summed E-state index contributed by atoms with van der Waals surface area (Å²) >= 11 is 0. The van der Waals surface area contributed by atoms with Crippen molar-refractivity contribution in [1.82, 2.24) is 10.6 Å². The van der Waals surface area contributed by atoms with Crippen molar-refractivity contribution in [3.05, 3.63) is 59.7 Å². The van der Waals surface area contributed by atoms with Gasteiger partial charge in [-0.2, -0.15) is 0 Å². The standard InChI is InChI=1S/C28H34N2O5/c1-2-7-19(27(32)33)16-29-26(31)15-18-12-13-20(14-18)30-28(34)35-17-25-23-10-5-3-8-21(23)22-9-4-6-11-24(22)25/h3-6,8-11,18-20,25H,2,7,12-17H2,1H3,(H,29,31)(H,30,34)(H,32,33)/t18-,19?,20+/m1/s1. The van der Waals surface area contributed by atoms with Crippen molar-refractivity contribution in [2.75, 3.05) is 13.2 Å². The third kappa shape index (κ3) is 6.02. The van der Waals surface area contributed by atoms with Crippen molar-refractivity contribution < 1.29 is 24.2 Å². The van der Waals surface area contributed by atoms with Gasteiger partial charge in [0.05, 0.1) is 5.92 Å². The van der Waals surface area contributed by atoms with Crippen LogP contribution in [0.25, 0.3) is 11.1 Å². The number of nitrogens with one attached hydrogen (secondary N) is 2. The monoisotopic (exact) mass is 478 g/mol. The van der Waals surface area contributed by atoms with Crippen LogP contribution in [0.1, 0.15) is 62.5 Å². The van der Waals surface area contributed by atoms with E-state index in [2.05, 4.69) is 34.9 Å². The first-order chi connectivity index (χ1) is 17.0. The molecule has 1 unspecified atom stereocenters. The Hall–Kier alpha value is -3.35. The van der Waals surface area contributed by atoms with Gasteiger partial charge in [0, 0.05) is 24.9 Å². The Kier molecular flexibility index (Phi) is 8.06. The second-order valence-corrected chi connectivity index (χ2v) is 9.68. The van der Waals surface area contributed by atoms with Crippen molar-refractivity contribution >= 4 is 18.0 Å². The fourth-order valence-corrected chi connectivity index (χ4v) is 5.43. The third-order valence-electron chi connectivity index (χ3n) is 7.21. The zero-order valence-corrected chi connectivity index (χ0v) is 20.2. The maximum absolute atomic E-state index is 12.5. The largest absolute Gasteiger partial charge is 0.481 e. The van der Waals surface area contributed by atoms with Crippen LogP contribution >= 0.6 is 0 Å². The van der Waals surface area contributed by atoms with Crippen molar-refractivity contribution in [2.24, 2.45) is 11.8 Å². The fraction of sp³-hybridized carbons (Fsp3) is 0.464. The van der Waals surface area contributed by atoms with Gasteiger partial charge in [0.15, 0.2) is 0 Å². The number of aliphatic carboxylic acids is 1. The lowest BCUT2D eigenvalue weighted by Crippen LogP contribution is -2.35. The first kappa shape index (κ1) is 24.8. The lowest BCUT2D eigenvalue weighted by Gasteiger charge is -2.17. The van der Waals surface area contributed by atoms with Gasteiger partial charge in [0.1, 0.15) is 6.61 Å². The summed E-state index contributed by atoms with van der Waals surface area (Å²) in [4.78, 5) is 36.1. The number of carboxylic acids is 1. The highest BCUT2D eigenvalue weighted by Gasteiger charge is 2.31. The molecule has 35 heavy (non-hydrogen) atoms. The Bertz CT molecular complexity index is 1020. The molecule has 7 nitrogen and oxygen atoms in total. The van der Waals surface area contributed by atoms with E-state index in [1.807, 2.05) is 31.2 Å². The number of hydrogen-bond acceptors (Lipinski definition) is 4. The molecule has 2 aromatic carbocycles. The summed E-state index contributed by atoms with van der Waals surface area (Å²) in [6.45, 7) is 2.37. The SMILES string of the molecule is CCCC(CNC(=O)C[C@@H]1CC[C@H](NC(=O)OCC2c3ccccc3-c3ccccc32)C1)C(=O)O. The van der Waals surface area contributed by atoms with Crippen LogP contribution in [0.5, 0.6) is 0 Å². The lowest BCUT2D eigenvalue weighted by atomic mass is 9.98. The lowest BCUT2D eigenvalue weighted by molar-refractivity contribution is -0.142. The molecule has 2 amide bonds. The van der Waals surface area contributed by atoms with Gasteiger partial charge in [-0.1, -0.05) is 61.9 Å². The maximum atomic E-state index is 12.5. The van der Waals surface area contributed by atoms with Crippen molar-refractivity contribution in [3.8, 4) is 11.1 Å². The summed E-state index contributed by atoms with van der Waals surface area (Å²) in [5.74, 6) is -1.35. The molecule has 0 aliphatic heterocycles. The molecule has 0 saturated heterocycles. The number of ether oxygens (including phenoxy) is 1. The van der Waals surface area contributed by atoms with E-state index in [-0.39, 0.29) is 36.9 Å². The molecule has 7 heteroatoms. The quantitative estimate of drug-likeness (QED) is 0.459. The average Bonchev–Trinajstić information content (AvgIpc) is 3.42. The van der Waals surface area contributed by atoms with Gasteiger partial charge < -0.3 is 20.5 Å². The zero-order chi connectivity index (χ0) is 24.8. The number of amides is 2. The van der Waals surface area contributed by atoms with Crippen LogP contribution < -0.4 is 10.6 Å². The van der Waals surface area contributed by atoms with E-state index in [9.17, 15) is 19.5 Å². The fourth-order valence-electron chi connectivity index (χ4n) is 5.43. The summed E-state index contributed by atoms with van der Waals surface area (Å²) < 4.78 is 5.64. The molecule has 186 valence electrons. The van der Waals surface area contributed by atoms with Gasteiger partial charge in [-0.15, -0.1) is 0 Å². The Balaban J connectivity index is 1.22. The number of carboxylic acid groups (broad SMARTS) is 1. The third-order valence-corrected chi connectivity index (χ3v) is 7.21. The average molecular weight is 479 g/mol. The Morgan fingerprint density at radius 3 is 2.31 bits per heavy atom. The van der Waals surface area contributed by atoms with Gasteiger partial charge >= 0.3 is 12.1 Å². The number of rotatable bonds is 10. The summed E-state index contributed by atoms with van der Waals surface area (Å²) in [5, 5.41) is 15.0. The van der Waals surface area contributed by atoms with Crippen LogP contribution in [0.3, 0.4) is 0 Å². The number of hydrogen-bond donors (Lipinski definition) is 3. The van der Waals surface area contributed by atoms with Crippen molar-refractivity contribution in [3.63, 3.8) is 0 Å². The second kappa shape index (κ2) is 11.4. The minimum absolute atomic E-state index is 0.0182. The van der Waals surface area contributed by atoms with Crippen molar-refractivity contribution in [2.45, 2.75) is 57.4 Å². The van der Waals surface area contributed by atoms with Crippen LogP contribution in [0.2, 0.25) is 0 Å². The summed E-state index contributed by atoms with van der Waals surface area (Å²) in [7, 11) is 0. The minimum atomic E-state index is -0.875. The van der Waals surface area contributed by atoms with Gasteiger partial charge in [-0.3, -0.25) is 9.59 Å². The van der Waals surface area contributed by atoms with Crippen LogP contribution in [0, 0.1) is 11.8 Å². The highest BCUT2D eigenvalue weighted by atomic mass is 16.5. The number of carbonyl (C=O) groups excluding carboxylic acids is 2. The zero-order valence-electron chi connectivity index (χ0n) is 20.2. The first-order valence-electron chi connectivity index (χ1n) is 12.6. The Labute approximate surface area is 206 Å². The number of alkyl carbamates (subject to hydrolysis) is 1. The van der Waals surface area contributed by atoms with Gasteiger partial charge in [0.2, 0.25) is 5.91 Å². The molecular formula is C28H34N2O5. The number of benzene rings is 2. The van der Waals surface area contributed by atoms with Crippen LogP contribution in [-0.2, 0) is 14.3 Å². The molecule has 2 aliphatic rings. The Morgan fingerprint density at radius 1 is 1.03 bits per heavy atom. The molecule has 2 aliphatic carbocycles. The van der Waals surface area contributed by atoms with E-state index in [1.54, 1.807) is 0 Å². The molecule has 1 saturated carbocycles. The van der Waals surface area contributed by atoms with E-state index < -0.39 is 18.0 Å². The van der Waals surface area contributed by atoms with Crippen LogP contribution in [0.15, 0.2) is 48.5 Å². The highest BCUT2D eigenvalue weighted by molar-refractivity contribution is 5.79. The summed E-state index contributed by atoms with van der Waals surface area (Å²) in [6.07, 6.45) is 3.60. The highest BCUT2D eigenvalue weighted by Crippen LogP contribution is 2.44. The molecule has 0 bridgehead atoms. The van der Waals surface area contributed by atoms with Gasteiger partial charge in [-0.05, 0) is 53.9 Å². The molecule has 4 rings (SSSR count). The molecule has 0 aromatic heterocycles. The molecular weight excluding hydrogens is 444 g/mol. The second-order valence-electron chi connectivity index (χ2n) is 9.68. The molecule has 3 atom stereocenters. The number of fused-ring (bicyclic) bond motifs is 3. The van der Waals surface area contributed by atoms with Crippen molar-refractivity contribution in [1.29, 1.82) is 0 Å². The Morgan fingerprint density at radius 2 is 1.69 bits per heavy atom. The molecule has 0 radical (unpaired) electrons. The molecule has 0 spiro atoms. The van der Waals surface area contributed by atoms with Gasteiger partial charge in [0.25, 0.3) is 0 Å². The topological polar surface area (TPSA) is 105 Å². The smallest absolute Gasteiger partial charge is 0.407 e. The van der Waals surface area contributed by atoms with E-state index in [4.69, 9.17) is 4.74 Å².